The first kappa shape index (κ1) is 19.6. The number of benzene rings is 1. The van der Waals surface area contributed by atoms with Gasteiger partial charge in [-0.25, -0.2) is 0 Å². The number of aromatic amines is 1. The average molecular weight is 389 g/mol. The van der Waals surface area contributed by atoms with Gasteiger partial charge in [-0.1, -0.05) is 26.0 Å². The summed E-state index contributed by atoms with van der Waals surface area (Å²) in [5.74, 6) is 2.81. The molecule has 1 aliphatic rings. The molecule has 146 valence electrons. The number of piperidine rings is 1. The molecular weight excluding hydrogens is 360 g/mol. The van der Waals surface area contributed by atoms with Crippen LogP contribution in [0.25, 0.3) is 0 Å². The minimum atomic E-state index is 0.155. The Labute approximate surface area is 165 Å². The predicted octanol–water partition coefficient (Wildman–Crippen LogP) is 3.78. The van der Waals surface area contributed by atoms with Crippen LogP contribution < -0.4 is 4.74 Å². The van der Waals surface area contributed by atoms with Crippen molar-refractivity contribution < 1.29 is 9.53 Å². The van der Waals surface area contributed by atoms with Gasteiger partial charge in [-0.3, -0.25) is 9.89 Å². The maximum atomic E-state index is 12.4. The quantitative estimate of drug-likeness (QED) is 0.765. The summed E-state index contributed by atoms with van der Waals surface area (Å²) in [4.78, 5) is 14.4. The van der Waals surface area contributed by atoms with E-state index in [9.17, 15) is 4.79 Å². The maximum Gasteiger partial charge on any atom is 0.225 e. The fourth-order valence-corrected chi connectivity index (χ4v) is 3.61. The number of hydrogen-bond donors (Lipinski definition) is 1. The molecule has 1 N–H and O–H groups in total. The predicted molar refractivity (Wildman–Crippen MR) is 108 cm³/mol. The molecule has 7 heteroatoms. The van der Waals surface area contributed by atoms with E-state index in [-0.39, 0.29) is 5.91 Å². The highest BCUT2D eigenvalue weighted by molar-refractivity contribution is 7.71. The first-order valence-corrected chi connectivity index (χ1v) is 9.98. The van der Waals surface area contributed by atoms with Crippen molar-refractivity contribution in [2.24, 2.45) is 7.05 Å². The van der Waals surface area contributed by atoms with Crippen LogP contribution in [-0.4, -0.2) is 45.3 Å². The highest BCUT2D eigenvalue weighted by Gasteiger charge is 2.26. The number of carbonyl (C=O) groups is 1. The Morgan fingerprint density at radius 2 is 1.96 bits per heavy atom. The van der Waals surface area contributed by atoms with Crippen molar-refractivity contribution in [3.63, 3.8) is 0 Å². The van der Waals surface area contributed by atoms with Gasteiger partial charge in [0.1, 0.15) is 11.6 Å². The monoisotopic (exact) mass is 388 g/mol. The molecule has 27 heavy (non-hydrogen) atoms. The van der Waals surface area contributed by atoms with Gasteiger partial charge < -0.3 is 14.2 Å². The summed E-state index contributed by atoms with van der Waals surface area (Å²) in [5, 5.41) is 7.17. The van der Waals surface area contributed by atoms with E-state index in [2.05, 4.69) is 36.2 Å². The molecule has 3 rings (SSSR count). The van der Waals surface area contributed by atoms with Gasteiger partial charge in [-0.2, -0.15) is 5.10 Å². The molecule has 1 aliphatic heterocycles. The van der Waals surface area contributed by atoms with Crippen LogP contribution in [0.2, 0.25) is 0 Å². The largest absolute Gasteiger partial charge is 0.493 e. The van der Waals surface area contributed by atoms with E-state index in [4.69, 9.17) is 17.0 Å². The van der Waals surface area contributed by atoms with Gasteiger partial charge in [0, 0.05) is 26.1 Å². The third-order valence-corrected chi connectivity index (χ3v) is 5.62. The lowest BCUT2D eigenvalue weighted by atomic mass is 9.96. The number of aromatic nitrogens is 3. The molecule has 2 aromatic rings. The molecule has 0 aliphatic carbocycles. The highest BCUT2D eigenvalue weighted by Crippen LogP contribution is 2.26. The molecule has 0 saturated carbocycles. The van der Waals surface area contributed by atoms with Crippen LogP contribution in [0.15, 0.2) is 24.3 Å². The fourth-order valence-electron chi connectivity index (χ4n) is 3.47. The summed E-state index contributed by atoms with van der Waals surface area (Å²) in [6, 6.07) is 8.11. The Balaban J connectivity index is 1.43. The summed E-state index contributed by atoms with van der Waals surface area (Å²) >= 11 is 5.18. The van der Waals surface area contributed by atoms with Gasteiger partial charge in [-0.05, 0) is 48.7 Å². The lowest BCUT2D eigenvalue weighted by molar-refractivity contribution is -0.132. The van der Waals surface area contributed by atoms with Crippen molar-refractivity contribution in [3.8, 4) is 5.75 Å². The second-order valence-electron chi connectivity index (χ2n) is 7.42. The Morgan fingerprint density at radius 3 is 2.52 bits per heavy atom. The SMILES string of the molecule is CC(C)c1ccc(OCCC(=O)N2CCC(c3n[nH]c(=S)n3C)CC2)cc1. The van der Waals surface area contributed by atoms with Crippen molar-refractivity contribution >= 4 is 18.1 Å². The van der Waals surface area contributed by atoms with Gasteiger partial charge in [0.15, 0.2) is 4.77 Å². The van der Waals surface area contributed by atoms with E-state index >= 15 is 0 Å². The molecule has 1 saturated heterocycles. The summed E-state index contributed by atoms with van der Waals surface area (Å²) in [6.45, 7) is 6.26. The lowest BCUT2D eigenvalue weighted by Crippen LogP contribution is -2.38. The number of H-pyrrole nitrogens is 1. The number of hydrogen-bond acceptors (Lipinski definition) is 4. The topological polar surface area (TPSA) is 63.1 Å². The normalized spacial score (nSPS) is 15.3. The van der Waals surface area contributed by atoms with Crippen LogP contribution in [0.5, 0.6) is 5.75 Å². The Bertz CT molecular complexity index is 817. The van der Waals surface area contributed by atoms with Gasteiger partial charge in [0.05, 0.1) is 13.0 Å². The van der Waals surface area contributed by atoms with Crippen LogP contribution in [-0.2, 0) is 11.8 Å². The van der Waals surface area contributed by atoms with Crippen molar-refractivity contribution in [2.75, 3.05) is 19.7 Å². The number of nitrogens with zero attached hydrogens (tertiary/aromatic N) is 3. The Kier molecular flexibility index (Phi) is 6.31. The van der Waals surface area contributed by atoms with E-state index in [0.29, 0.717) is 29.6 Å². The molecule has 1 amide bonds. The number of ether oxygens (including phenoxy) is 1. The van der Waals surface area contributed by atoms with Gasteiger partial charge in [0.2, 0.25) is 5.91 Å². The van der Waals surface area contributed by atoms with E-state index in [1.54, 1.807) is 0 Å². The molecule has 2 heterocycles. The first-order chi connectivity index (χ1) is 13.0. The summed E-state index contributed by atoms with van der Waals surface area (Å²) < 4.78 is 8.30. The summed E-state index contributed by atoms with van der Waals surface area (Å²) in [7, 11) is 1.93. The molecule has 0 radical (unpaired) electrons. The minimum Gasteiger partial charge on any atom is -0.493 e. The molecular formula is C20H28N4O2S. The third-order valence-electron chi connectivity index (χ3n) is 5.26. The fraction of sp³-hybridized carbons (Fsp3) is 0.550. The minimum absolute atomic E-state index is 0.155. The van der Waals surface area contributed by atoms with E-state index in [1.165, 1.54) is 5.56 Å². The number of rotatable bonds is 6. The zero-order valence-electron chi connectivity index (χ0n) is 16.3. The number of carbonyl (C=O) groups excluding carboxylic acids is 1. The van der Waals surface area contributed by atoms with Gasteiger partial charge in [0.25, 0.3) is 0 Å². The summed E-state index contributed by atoms with van der Waals surface area (Å²) in [5.41, 5.74) is 1.29. The molecule has 0 bridgehead atoms. The van der Waals surface area contributed by atoms with Crippen LogP contribution in [0.4, 0.5) is 0 Å². The first-order valence-electron chi connectivity index (χ1n) is 9.57. The third kappa shape index (κ3) is 4.77. The van der Waals surface area contributed by atoms with E-state index in [1.807, 2.05) is 28.6 Å². The maximum absolute atomic E-state index is 12.4. The summed E-state index contributed by atoms with van der Waals surface area (Å²) in [6.07, 6.45) is 2.23. The number of amides is 1. The number of nitrogens with one attached hydrogen (secondary N) is 1. The molecule has 1 fully saturated rings. The van der Waals surface area contributed by atoms with E-state index in [0.717, 1.165) is 37.5 Å². The standard InChI is InChI=1S/C20H28N4O2S/c1-14(2)15-4-6-17(7-5-15)26-13-10-18(25)24-11-8-16(9-12-24)19-21-22-20(27)23(19)3/h4-7,14,16H,8-13H2,1-3H3,(H,22,27). The molecule has 1 aromatic carbocycles. The molecule has 0 unspecified atom stereocenters. The van der Waals surface area contributed by atoms with Crippen LogP contribution in [0, 0.1) is 4.77 Å². The number of likely N-dealkylation sites (tertiary alicyclic amines) is 1. The average Bonchev–Trinajstić information content (AvgIpc) is 3.01. The molecule has 6 nitrogen and oxygen atoms in total. The molecule has 0 atom stereocenters. The van der Waals surface area contributed by atoms with Crippen LogP contribution in [0.1, 0.15) is 56.3 Å². The molecule has 0 spiro atoms. The van der Waals surface area contributed by atoms with Crippen molar-refractivity contribution in [1.29, 1.82) is 0 Å². The van der Waals surface area contributed by atoms with Crippen LogP contribution >= 0.6 is 12.2 Å². The lowest BCUT2D eigenvalue weighted by Gasteiger charge is -2.31. The zero-order chi connectivity index (χ0) is 19.4. The van der Waals surface area contributed by atoms with Crippen molar-refractivity contribution in [3.05, 3.63) is 40.4 Å². The second kappa shape index (κ2) is 8.69. The highest BCUT2D eigenvalue weighted by atomic mass is 32.1. The van der Waals surface area contributed by atoms with Crippen molar-refractivity contribution in [1.82, 2.24) is 19.7 Å². The molecule has 1 aromatic heterocycles. The van der Waals surface area contributed by atoms with Gasteiger partial charge >= 0.3 is 0 Å². The van der Waals surface area contributed by atoms with Crippen LogP contribution in [0.3, 0.4) is 0 Å². The van der Waals surface area contributed by atoms with Crippen molar-refractivity contribution in [2.45, 2.75) is 44.9 Å². The van der Waals surface area contributed by atoms with Gasteiger partial charge in [-0.15, -0.1) is 0 Å². The Hall–Kier alpha value is -2.15. The smallest absolute Gasteiger partial charge is 0.225 e. The zero-order valence-corrected chi connectivity index (χ0v) is 17.1. The second-order valence-corrected chi connectivity index (χ2v) is 7.81. The Morgan fingerprint density at radius 1 is 1.30 bits per heavy atom. The van der Waals surface area contributed by atoms with E-state index < -0.39 is 0 Å².